The summed E-state index contributed by atoms with van der Waals surface area (Å²) >= 11 is 1.28. The predicted octanol–water partition coefficient (Wildman–Crippen LogP) is 3.92. The van der Waals surface area contributed by atoms with Crippen LogP contribution in [0, 0.1) is 0 Å². The van der Waals surface area contributed by atoms with Gasteiger partial charge < -0.3 is 17.7 Å². The number of halogens is 3. The molecule has 1 aromatic heterocycles. The van der Waals surface area contributed by atoms with E-state index in [0.29, 0.717) is 17.7 Å². The van der Waals surface area contributed by atoms with E-state index in [9.17, 15) is 17.7 Å². The molecular weight excluding hydrogens is 252 g/mol. The highest BCUT2D eigenvalue weighted by Gasteiger charge is 2.21. The maximum absolute atomic E-state index is 11.9. The minimum Gasteiger partial charge on any atom is -0.462 e. The fourth-order valence-electron chi connectivity index (χ4n) is 1.29. The molecule has 1 rings (SSSR count). The Labute approximate surface area is 102 Å². The summed E-state index contributed by atoms with van der Waals surface area (Å²) in [4.78, 5) is 11.8. The fourth-order valence-corrected chi connectivity index (χ4v) is 1.90. The molecule has 0 saturated carbocycles. The van der Waals surface area contributed by atoms with Crippen LogP contribution in [0.25, 0.3) is 0 Å². The van der Waals surface area contributed by atoms with Crippen LogP contribution in [0.4, 0.5) is 12.9 Å². The molecule has 17 heavy (non-hydrogen) atoms. The first-order chi connectivity index (χ1) is 7.99. The first-order valence-corrected chi connectivity index (χ1v) is 6.28. The van der Waals surface area contributed by atoms with Crippen molar-refractivity contribution in [2.75, 3.05) is 6.61 Å². The number of rotatable bonds is 7. The summed E-state index contributed by atoms with van der Waals surface area (Å²) in [7, 11) is 0. The van der Waals surface area contributed by atoms with Crippen LogP contribution < -0.4 is 0 Å². The third kappa shape index (κ3) is 6.36. The van der Waals surface area contributed by atoms with Crippen LogP contribution >= 0.6 is 11.3 Å². The Kier molecular flexibility index (Phi) is 5.54. The van der Waals surface area contributed by atoms with Crippen molar-refractivity contribution in [1.29, 1.82) is 0 Å². The number of carbonyl (C=O) groups is 1. The van der Waals surface area contributed by atoms with Gasteiger partial charge in [0.25, 0.3) is 0 Å². The van der Waals surface area contributed by atoms with E-state index in [1.807, 2.05) is 0 Å². The maximum atomic E-state index is 11.9. The van der Waals surface area contributed by atoms with E-state index in [2.05, 4.69) is 0 Å². The second-order valence-electron chi connectivity index (χ2n) is 3.67. The Morgan fingerprint density at radius 1 is 1.29 bits per heavy atom. The molecule has 0 aliphatic heterocycles. The van der Waals surface area contributed by atoms with Crippen LogP contribution in [0.15, 0.2) is 17.5 Å². The standard InChI is InChI=1S/C10H13BF3O2S/c12-11(13,14)6-2-1-3-7-16-10(15)9-5-4-8-17-9/h4-5,8H,1-3,6-7H2/q-1. The molecule has 0 N–H and O–H groups in total. The lowest BCUT2D eigenvalue weighted by Crippen LogP contribution is -2.13. The summed E-state index contributed by atoms with van der Waals surface area (Å²) in [6, 6.07) is 3.39. The third-order valence-corrected chi connectivity index (χ3v) is 2.98. The highest BCUT2D eigenvalue weighted by Crippen LogP contribution is 2.18. The van der Waals surface area contributed by atoms with Gasteiger partial charge in [-0.15, -0.1) is 11.3 Å². The van der Waals surface area contributed by atoms with Crippen molar-refractivity contribution in [3.05, 3.63) is 22.4 Å². The molecule has 1 heterocycles. The summed E-state index contributed by atoms with van der Waals surface area (Å²) < 4.78 is 40.5. The number of hydrogen-bond acceptors (Lipinski definition) is 3. The number of esters is 1. The van der Waals surface area contributed by atoms with Gasteiger partial charge in [0.15, 0.2) is 0 Å². The predicted molar refractivity (Wildman–Crippen MR) is 62.3 cm³/mol. The molecular formula is C10H13BF3O2S-. The van der Waals surface area contributed by atoms with Gasteiger partial charge in [-0.1, -0.05) is 25.2 Å². The van der Waals surface area contributed by atoms with E-state index in [1.165, 1.54) is 11.3 Å². The zero-order valence-electron chi connectivity index (χ0n) is 9.20. The molecule has 2 nitrogen and oxygen atoms in total. The van der Waals surface area contributed by atoms with Crippen LogP contribution in [0.1, 0.15) is 28.9 Å². The molecule has 1 aromatic rings. The molecule has 0 unspecified atom stereocenters. The van der Waals surface area contributed by atoms with Gasteiger partial charge in [-0.05, 0) is 17.9 Å². The Balaban J connectivity index is 2.03. The molecule has 0 amide bonds. The maximum Gasteiger partial charge on any atom is 0.478 e. The lowest BCUT2D eigenvalue weighted by atomic mass is 9.83. The molecule has 96 valence electrons. The van der Waals surface area contributed by atoms with Crippen LogP contribution in [-0.4, -0.2) is 19.6 Å². The van der Waals surface area contributed by atoms with Crippen LogP contribution in [0.2, 0.25) is 6.32 Å². The zero-order valence-corrected chi connectivity index (χ0v) is 10.0. The summed E-state index contributed by atoms with van der Waals surface area (Å²) in [5.74, 6) is -0.403. The van der Waals surface area contributed by atoms with E-state index >= 15 is 0 Å². The van der Waals surface area contributed by atoms with Crippen LogP contribution in [0.5, 0.6) is 0 Å². The average molecular weight is 265 g/mol. The molecule has 0 aliphatic carbocycles. The highest BCUT2D eigenvalue weighted by molar-refractivity contribution is 7.11. The van der Waals surface area contributed by atoms with Gasteiger partial charge in [-0.2, -0.15) is 0 Å². The van der Waals surface area contributed by atoms with Crippen molar-refractivity contribution >= 4 is 24.3 Å². The molecule has 0 spiro atoms. The Bertz CT molecular complexity index is 338. The second kappa shape index (κ2) is 6.69. The molecule has 0 fully saturated rings. The smallest absolute Gasteiger partial charge is 0.462 e. The summed E-state index contributed by atoms with van der Waals surface area (Å²) in [5, 5.41) is 1.77. The normalized spacial score (nSPS) is 11.5. The van der Waals surface area contributed by atoms with Gasteiger partial charge in [0.1, 0.15) is 4.88 Å². The minimum absolute atomic E-state index is 0.111. The molecule has 0 aromatic carbocycles. The van der Waals surface area contributed by atoms with Crippen molar-refractivity contribution in [3.63, 3.8) is 0 Å². The summed E-state index contributed by atoms with van der Waals surface area (Å²) in [6.45, 7) is -4.49. The topological polar surface area (TPSA) is 26.3 Å². The van der Waals surface area contributed by atoms with Gasteiger partial charge in [0, 0.05) is 0 Å². The fraction of sp³-hybridized carbons (Fsp3) is 0.500. The Morgan fingerprint density at radius 2 is 2.06 bits per heavy atom. The quantitative estimate of drug-likeness (QED) is 0.424. The van der Waals surface area contributed by atoms with Gasteiger partial charge in [-0.3, -0.25) is 0 Å². The zero-order chi connectivity index (χ0) is 12.7. The molecule has 0 aliphatic rings. The molecule has 0 saturated heterocycles. The second-order valence-corrected chi connectivity index (χ2v) is 4.62. The number of thiophene rings is 1. The van der Waals surface area contributed by atoms with Crippen molar-refractivity contribution in [3.8, 4) is 0 Å². The monoisotopic (exact) mass is 265 g/mol. The van der Waals surface area contributed by atoms with E-state index in [1.54, 1.807) is 17.5 Å². The molecule has 0 radical (unpaired) electrons. The Hall–Kier alpha value is -0.975. The third-order valence-electron chi connectivity index (χ3n) is 2.13. The summed E-state index contributed by atoms with van der Waals surface area (Å²) in [5.41, 5.74) is 0. The largest absolute Gasteiger partial charge is 0.478 e. The van der Waals surface area contributed by atoms with E-state index in [4.69, 9.17) is 4.74 Å². The number of hydrogen-bond donors (Lipinski definition) is 0. The van der Waals surface area contributed by atoms with Gasteiger partial charge in [0.2, 0.25) is 0 Å². The van der Waals surface area contributed by atoms with Crippen LogP contribution in [0.3, 0.4) is 0 Å². The van der Waals surface area contributed by atoms with E-state index in [-0.39, 0.29) is 13.0 Å². The number of unbranched alkanes of at least 4 members (excludes halogenated alkanes) is 2. The highest BCUT2D eigenvalue weighted by atomic mass is 32.1. The average Bonchev–Trinajstić information content (AvgIpc) is 2.74. The van der Waals surface area contributed by atoms with Crippen molar-refractivity contribution in [1.82, 2.24) is 0 Å². The van der Waals surface area contributed by atoms with Crippen molar-refractivity contribution < 1.29 is 22.5 Å². The van der Waals surface area contributed by atoms with Gasteiger partial charge in [-0.25, -0.2) is 4.79 Å². The Morgan fingerprint density at radius 3 is 2.65 bits per heavy atom. The summed E-state index contributed by atoms with van der Waals surface area (Å²) in [6.07, 6.45) is 0.307. The van der Waals surface area contributed by atoms with Gasteiger partial charge >= 0.3 is 12.9 Å². The van der Waals surface area contributed by atoms with E-state index < -0.39 is 19.3 Å². The number of ether oxygens (including phenoxy) is 1. The lowest BCUT2D eigenvalue weighted by molar-refractivity contribution is 0.0503. The van der Waals surface area contributed by atoms with Gasteiger partial charge in [0.05, 0.1) is 6.61 Å². The van der Waals surface area contributed by atoms with Crippen molar-refractivity contribution in [2.24, 2.45) is 0 Å². The number of carbonyl (C=O) groups excluding carboxylic acids is 1. The lowest BCUT2D eigenvalue weighted by Gasteiger charge is -2.12. The first kappa shape index (κ1) is 14.1. The molecule has 0 atom stereocenters. The SMILES string of the molecule is O=C(OCCCCC[B-](F)(F)F)c1cccs1. The molecule has 7 heteroatoms. The van der Waals surface area contributed by atoms with E-state index in [0.717, 1.165) is 0 Å². The van der Waals surface area contributed by atoms with Crippen molar-refractivity contribution in [2.45, 2.75) is 25.6 Å². The van der Waals surface area contributed by atoms with Crippen LogP contribution in [-0.2, 0) is 4.74 Å². The minimum atomic E-state index is -4.67. The first-order valence-electron chi connectivity index (χ1n) is 5.40. The molecule has 0 bridgehead atoms.